The number of nitriles is 1. The van der Waals surface area contributed by atoms with E-state index in [0.717, 1.165) is 16.5 Å². The molecule has 2 aromatic rings. The van der Waals surface area contributed by atoms with Gasteiger partial charge >= 0.3 is 0 Å². The van der Waals surface area contributed by atoms with Gasteiger partial charge in [0.05, 0.1) is 24.3 Å². The van der Waals surface area contributed by atoms with Crippen LogP contribution >= 0.6 is 0 Å². The van der Waals surface area contributed by atoms with E-state index in [1.54, 1.807) is 6.26 Å². The SMILES string of the molecule is CNC(c1coc2ccccc12)C(C#N)C(C)C. The van der Waals surface area contributed by atoms with Gasteiger partial charge in [-0.15, -0.1) is 0 Å². The van der Waals surface area contributed by atoms with E-state index < -0.39 is 0 Å². The van der Waals surface area contributed by atoms with Crippen LogP contribution in [0.4, 0.5) is 0 Å². The first-order chi connectivity index (χ1) is 8.69. The average molecular weight is 242 g/mol. The maximum atomic E-state index is 9.35. The summed E-state index contributed by atoms with van der Waals surface area (Å²) in [6.07, 6.45) is 1.76. The number of rotatable bonds is 4. The zero-order valence-electron chi connectivity index (χ0n) is 11.0. The summed E-state index contributed by atoms with van der Waals surface area (Å²) in [5.74, 6) is 0.220. The molecule has 2 unspecified atom stereocenters. The third-order valence-corrected chi connectivity index (χ3v) is 3.38. The molecule has 2 rings (SSSR count). The minimum Gasteiger partial charge on any atom is -0.464 e. The standard InChI is InChI=1S/C15H18N2O/c1-10(2)12(8-16)15(17-3)13-9-18-14-7-5-4-6-11(13)14/h4-7,9-10,12,15,17H,1-3H3. The summed E-state index contributed by atoms with van der Waals surface area (Å²) in [7, 11) is 1.89. The molecule has 1 aromatic carbocycles. The van der Waals surface area contributed by atoms with Crippen LogP contribution in [0.2, 0.25) is 0 Å². The fourth-order valence-electron chi connectivity index (χ4n) is 2.38. The Labute approximate surface area is 107 Å². The van der Waals surface area contributed by atoms with Gasteiger partial charge in [-0.25, -0.2) is 0 Å². The number of para-hydroxylation sites is 1. The second kappa shape index (κ2) is 5.24. The summed E-state index contributed by atoms with van der Waals surface area (Å²) in [5, 5.41) is 13.7. The lowest BCUT2D eigenvalue weighted by Crippen LogP contribution is -2.27. The van der Waals surface area contributed by atoms with Crippen molar-refractivity contribution in [1.82, 2.24) is 5.32 Å². The molecule has 3 nitrogen and oxygen atoms in total. The van der Waals surface area contributed by atoms with Crippen LogP contribution in [-0.2, 0) is 0 Å². The van der Waals surface area contributed by atoms with Crippen LogP contribution in [0.15, 0.2) is 34.9 Å². The fourth-order valence-corrected chi connectivity index (χ4v) is 2.38. The minimum atomic E-state index is -0.0731. The first-order valence-corrected chi connectivity index (χ1v) is 6.22. The van der Waals surface area contributed by atoms with Crippen molar-refractivity contribution >= 4 is 11.0 Å². The quantitative estimate of drug-likeness (QED) is 0.892. The third kappa shape index (κ3) is 2.12. The Morgan fingerprint density at radius 3 is 2.61 bits per heavy atom. The van der Waals surface area contributed by atoms with Crippen molar-refractivity contribution in [3.05, 3.63) is 36.1 Å². The molecule has 0 fully saturated rings. The number of nitrogens with zero attached hydrogens (tertiary/aromatic N) is 1. The van der Waals surface area contributed by atoms with Gasteiger partial charge in [0.15, 0.2) is 0 Å². The number of fused-ring (bicyclic) bond motifs is 1. The largest absolute Gasteiger partial charge is 0.464 e. The fraction of sp³-hybridized carbons (Fsp3) is 0.400. The monoisotopic (exact) mass is 242 g/mol. The summed E-state index contributed by atoms with van der Waals surface area (Å²) in [4.78, 5) is 0. The van der Waals surface area contributed by atoms with Crippen molar-refractivity contribution in [2.75, 3.05) is 7.05 Å². The molecule has 0 saturated heterocycles. The van der Waals surface area contributed by atoms with Crippen LogP contribution in [0.5, 0.6) is 0 Å². The van der Waals surface area contributed by atoms with Gasteiger partial charge in [-0.3, -0.25) is 0 Å². The summed E-state index contributed by atoms with van der Waals surface area (Å²) in [6, 6.07) is 10.3. The van der Waals surface area contributed by atoms with Crippen molar-refractivity contribution in [3.63, 3.8) is 0 Å². The van der Waals surface area contributed by atoms with Crippen LogP contribution in [0, 0.1) is 23.2 Å². The van der Waals surface area contributed by atoms with Crippen molar-refractivity contribution in [2.24, 2.45) is 11.8 Å². The minimum absolute atomic E-state index is 0.00125. The molecule has 0 spiro atoms. The van der Waals surface area contributed by atoms with Crippen LogP contribution in [0.3, 0.4) is 0 Å². The van der Waals surface area contributed by atoms with Gasteiger partial charge < -0.3 is 9.73 Å². The van der Waals surface area contributed by atoms with E-state index >= 15 is 0 Å². The van der Waals surface area contributed by atoms with E-state index in [2.05, 4.69) is 25.2 Å². The molecule has 0 radical (unpaired) electrons. The highest BCUT2D eigenvalue weighted by atomic mass is 16.3. The van der Waals surface area contributed by atoms with Gasteiger partial charge in [0.1, 0.15) is 5.58 Å². The van der Waals surface area contributed by atoms with E-state index in [-0.39, 0.29) is 12.0 Å². The van der Waals surface area contributed by atoms with E-state index in [9.17, 15) is 5.26 Å². The molecule has 0 aliphatic heterocycles. The Bertz CT molecular complexity index is 565. The molecule has 1 heterocycles. The Kier molecular flexibility index (Phi) is 3.69. The number of furan rings is 1. The number of hydrogen-bond donors (Lipinski definition) is 1. The van der Waals surface area contributed by atoms with Crippen LogP contribution in [-0.4, -0.2) is 7.05 Å². The highest BCUT2D eigenvalue weighted by Gasteiger charge is 2.27. The Morgan fingerprint density at radius 1 is 1.28 bits per heavy atom. The average Bonchev–Trinajstić information content (AvgIpc) is 2.79. The summed E-state index contributed by atoms with van der Waals surface area (Å²) >= 11 is 0. The van der Waals surface area contributed by atoms with E-state index in [1.807, 2.05) is 31.3 Å². The zero-order valence-corrected chi connectivity index (χ0v) is 11.0. The van der Waals surface area contributed by atoms with Gasteiger partial charge in [-0.1, -0.05) is 32.0 Å². The predicted octanol–water partition coefficient (Wildman–Crippen LogP) is 3.49. The molecule has 0 amide bonds. The second-order valence-electron chi connectivity index (χ2n) is 4.85. The Hall–Kier alpha value is -1.79. The molecular formula is C15H18N2O. The molecule has 1 aromatic heterocycles. The molecule has 0 aliphatic rings. The Balaban J connectivity index is 2.48. The summed E-state index contributed by atoms with van der Waals surface area (Å²) < 4.78 is 5.56. The molecule has 0 saturated carbocycles. The number of nitrogens with one attached hydrogen (secondary N) is 1. The van der Waals surface area contributed by atoms with E-state index in [1.165, 1.54) is 0 Å². The molecule has 94 valence electrons. The number of hydrogen-bond acceptors (Lipinski definition) is 3. The smallest absolute Gasteiger partial charge is 0.134 e. The molecule has 0 aliphatic carbocycles. The van der Waals surface area contributed by atoms with Crippen molar-refractivity contribution < 1.29 is 4.42 Å². The van der Waals surface area contributed by atoms with Crippen LogP contribution in [0.25, 0.3) is 11.0 Å². The van der Waals surface area contributed by atoms with Gasteiger partial charge in [-0.2, -0.15) is 5.26 Å². The van der Waals surface area contributed by atoms with Crippen molar-refractivity contribution in [2.45, 2.75) is 19.9 Å². The second-order valence-corrected chi connectivity index (χ2v) is 4.85. The Morgan fingerprint density at radius 2 is 2.00 bits per heavy atom. The first kappa shape index (κ1) is 12.7. The normalized spacial score (nSPS) is 14.6. The topological polar surface area (TPSA) is 49.0 Å². The lowest BCUT2D eigenvalue weighted by molar-refractivity contribution is 0.362. The van der Waals surface area contributed by atoms with E-state index in [4.69, 9.17) is 4.42 Å². The summed E-state index contributed by atoms with van der Waals surface area (Å²) in [5.41, 5.74) is 1.93. The lowest BCUT2D eigenvalue weighted by atomic mass is 9.85. The molecule has 1 N–H and O–H groups in total. The highest BCUT2D eigenvalue weighted by molar-refractivity contribution is 5.81. The predicted molar refractivity (Wildman–Crippen MR) is 72.0 cm³/mol. The first-order valence-electron chi connectivity index (χ1n) is 6.22. The molecule has 2 atom stereocenters. The van der Waals surface area contributed by atoms with Crippen LogP contribution < -0.4 is 5.32 Å². The number of benzene rings is 1. The third-order valence-electron chi connectivity index (χ3n) is 3.38. The van der Waals surface area contributed by atoms with Gasteiger partial charge in [0.25, 0.3) is 0 Å². The van der Waals surface area contributed by atoms with E-state index in [0.29, 0.717) is 5.92 Å². The summed E-state index contributed by atoms with van der Waals surface area (Å²) in [6.45, 7) is 4.14. The highest BCUT2D eigenvalue weighted by Crippen LogP contribution is 2.33. The molecule has 18 heavy (non-hydrogen) atoms. The lowest BCUT2D eigenvalue weighted by Gasteiger charge is -2.23. The van der Waals surface area contributed by atoms with Crippen LogP contribution in [0.1, 0.15) is 25.5 Å². The van der Waals surface area contributed by atoms with Gasteiger partial charge in [-0.05, 0) is 19.0 Å². The van der Waals surface area contributed by atoms with Crippen molar-refractivity contribution in [1.29, 1.82) is 5.26 Å². The zero-order chi connectivity index (χ0) is 13.1. The maximum absolute atomic E-state index is 9.35. The molecule has 0 bridgehead atoms. The van der Waals surface area contributed by atoms with Gasteiger partial charge in [0.2, 0.25) is 0 Å². The maximum Gasteiger partial charge on any atom is 0.134 e. The van der Waals surface area contributed by atoms with Crippen molar-refractivity contribution in [3.8, 4) is 6.07 Å². The molecular weight excluding hydrogens is 224 g/mol. The molecule has 3 heteroatoms. The van der Waals surface area contributed by atoms with Gasteiger partial charge in [0, 0.05) is 10.9 Å².